The van der Waals surface area contributed by atoms with Crippen LogP contribution in [0.2, 0.25) is 0 Å². The zero-order valence-corrected chi connectivity index (χ0v) is 10.7. The first-order chi connectivity index (χ1) is 8.76. The van der Waals surface area contributed by atoms with Crippen molar-refractivity contribution in [2.24, 2.45) is 0 Å². The smallest absolute Gasteiger partial charge is 0.225 e. The van der Waals surface area contributed by atoms with Gasteiger partial charge in [0.15, 0.2) is 0 Å². The molecule has 0 unspecified atom stereocenters. The van der Waals surface area contributed by atoms with E-state index in [4.69, 9.17) is 5.26 Å². The normalized spacial score (nSPS) is 9.78. The van der Waals surface area contributed by atoms with Gasteiger partial charge < -0.3 is 10.6 Å². The van der Waals surface area contributed by atoms with Gasteiger partial charge in [-0.3, -0.25) is 4.79 Å². The molecule has 0 saturated heterocycles. The van der Waals surface area contributed by atoms with Gasteiger partial charge in [0, 0.05) is 18.7 Å². The Balaban J connectivity index is 2.29. The highest BCUT2D eigenvalue weighted by Crippen LogP contribution is 2.09. The van der Waals surface area contributed by atoms with E-state index >= 15 is 0 Å². The van der Waals surface area contributed by atoms with Gasteiger partial charge in [0.2, 0.25) is 5.91 Å². The average Bonchev–Trinajstić information content (AvgIpc) is 2.38. The zero-order valence-electron chi connectivity index (χ0n) is 10.7. The number of carbonyl (C=O) groups is 1. The number of carbonyl (C=O) groups excluding carboxylic acids is 1. The minimum atomic E-state index is -0.0333. The van der Waals surface area contributed by atoms with Crippen LogP contribution in [0.15, 0.2) is 24.3 Å². The van der Waals surface area contributed by atoms with Crippen molar-refractivity contribution in [1.29, 1.82) is 5.26 Å². The van der Waals surface area contributed by atoms with Gasteiger partial charge in [-0.1, -0.05) is 19.4 Å². The molecule has 1 aromatic rings. The second-order valence-electron chi connectivity index (χ2n) is 4.09. The number of benzene rings is 1. The van der Waals surface area contributed by atoms with Crippen molar-refractivity contribution in [2.45, 2.75) is 26.2 Å². The lowest BCUT2D eigenvalue weighted by Gasteiger charge is -2.06. The van der Waals surface area contributed by atoms with E-state index < -0.39 is 0 Å². The Morgan fingerprint density at radius 1 is 1.39 bits per heavy atom. The van der Waals surface area contributed by atoms with Crippen molar-refractivity contribution in [1.82, 2.24) is 5.32 Å². The number of unbranched alkanes of at least 4 members (excludes halogenated alkanes) is 1. The first kappa shape index (κ1) is 14.2. The molecule has 0 aliphatic heterocycles. The van der Waals surface area contributed by atoms with E-state index in [-0.39, 0.29) is 5.91 Å². The number of nitriles is 1. The van der Waals surface area contributed by atoms with Gasteiger partial charge in [-0.2, -0.15) is 5.26 Å². The van der Waals surface area contributed by atoms with Gasteiger partial charge >= 0.3 is 0 Å². The predicted octanol–water partition coefficient (Wildman–Crippen LogP) is 2.28. The fraction of sp³-hybridized carbons (Fsp3) is 0.429. The molecule has 4 heteroatoms. The highest BCUT2D eigenvalue weighted by molar-refractivity contribution is 5.90. The third-order valence-corrected chi connectivity index (χ3v) is 2.51. The summed E-state index contributed by atoms with van der Waals surface area (Å²) < 4.78 is 0. The van der Waals surface area contributed by atoms with Crippen molar-refractivity contribution in [3.8, 4) is 6.07 Å². The number of rotatable bonds is 7. The van der Waals surface area contributed by atoms with Crippen LogP contribution < -0.4 is 10.6 Å². The molecule has 2 N–H and O–H groups in total. The first-order valence-corrected chi connectivity index (χ1v) is 6.27. The maximum atomic E-state index is 11.6. The zero-order chi connectivity index (χ0) is 13.2. The summed E-state index contributed by atoms with van der Waals surface area (Å²) in [7, 11) is 0. The number of anilines is 1. The van der Waals surface area contributed by atoms with E-state index in [1.807, 2.05) is 6.07 Å². The predicted molar refractivity (Wildman–Crippen MR) is 72.2 cm³/mol. The molecule has 1 aromatic carbocycles. The highest BCUT2D eigenvalue weighted by Gasteiger charge is 2.02. The number of nitrogens with zero attached hydrogens (tertiary/aromatic N) is 1. The molecule has 18 heavy (non-hydrogen) atoms. The topological polar surface area (TPSA) is 64.9 Å². The Labute approximate surface area is 108 Å². The molecule has 0 radical (unpaired) electrons. The van der Waals surface area contributed by atoms with E-state index in [2.05, 4.69) is 17.6 Å². The summed E-state index contributed by atoms with van der Waals surface area (Å²) in [6.45, 7) is 3.77. The van der Waals surface area contributed by atoms with Gasteiger partial charge in [0.05, 0.1) is 11.6 Å². The van der Waals surface area contributed by atoms with Crippen LogP contribution in [0.3, 0.4) is 0 Å². The standard InChI is InChI=1S/C14H19N3O/c1-2-3-8-16-9-7-14(18)17-13-6-4-5-12(10-13)11-15/h4-6,10,16H,2-3,7-9H2,1H3,(H,17,18). The van der Waals surface area contributed by atoms with Crippen molar-refractivity contribution in [3.63, 3.8) is 0 Å². The Hall–Kier alpha value is -1.86. The van der Waals surface area contributed by atoms with Crippen molar-refractivity contribution < 1.29 is 4.79 Å². The number of amides is 1. The van der Waals surface area contributed by atoms with E-state index in [1.165, 1.54) is 0 Å². The van der Waals surface area contributed by atoms with Crippen molar-refractivity contribution in [3.05, 3.63) is 29.8 Å². The Kier molecular flexibility index (Phi) is 6.52. The third kappa shape index (κ3) is 5.46. The summed E-state index contributed by atoms with van der Waals surface area (Å²) in [6, 6.07) is 8.96. The van der Waals surface area contributed by atoms with E-state index in [0.29, 0.717) is 24.2 Å². The second-order valence-corrected chi connectivity index (χ2v) is 4.09. The highest BCUT2D eigenvalue weighted by atomic mass is 16.1. The van der Waals surface area contributed by atoms with E-state index in [1.54, 1.807) is 24.3 Å². The Morgan fingerprint density at radius 3 is 2.94 bits per heavy atom. The molecular formula is C14H19N3O. The molecule has 96 valence electrons. The summed E-state index contributed by atoms with van der Waals surface area (Å²) in [5.41, 5.74) is 1.22. The first-order valence-electron chi connectivity index (χ1n) is 6.27. The summed E-state index contributed by atoms with van der Waals surface area (Å²) in [5, 5.41) is 14.7. The van der Waals surface area contributed by atoms with Gasteiger partial charge in [-0.25, -0.2) is 0 Å². The van der Waals surface area contributed by atoms with E-state index in [0.717, 1.165) is 19.4 Å². The number of hydrogen-bond acceptors (Lipinski definition) is 3. The summed E-state index contributed by atoms with van der Waals surface area (Å²) >= 11 is 0. The number of nitrogens with one attached hydrogen (secondary N) is 2. The molecule has 0 saturated carbocycles. The average molecular weight is 245 g/mol. The molecular weight excluding hydrogens is 226 g/mol. The minimum Gasteiger partial charge on any atom is -0.326 e. The largest absolute Gasteiger partial charge is 0.326 e. The summed E-state index contributed by atoms with van der Waals surface area (Å²) in [4.78, 5) is 11.6. The molecule has 1 amide bonds. The third-order valence-electron chi connectivity index (χ3n) is 2.51. The number of hydrogen-bond donors (Lipinski definition) is 2. The SMILES string of the molecule is CCCCNCCC(=O)Nc1cccc(C#N)c1. The fourth-order valence-electron chi connectivity index (χ4n) is 1.52. The lowest BCUT2D eigenvalue weighted by molar-refractivity contribution is -0.116. The van der Waals surface area contributed by atoms with Crippen LogP contribution in [0.25, 0.3) is 0 Å². The second kappa shape index (κ2) is 8.26. The van der Waals surface area contributed by atoms with Crippen LogP contribution in [0.4, 0.5) is 5.69 Å². The molecule has 1 rings (SSSR count). The van der Waals surface area contributed by atoms with E-state index in [9.17, 15) is 4.79 Å². The van der Waals surface area contributed by atoms with Crippen LogP contribution in [-0.2, 0) is 4.79 Å². The maximum absolute atomic E-state index is 11.6. The van der Waals surface area contributed by atoms with Crippen LogP contribution >= 0.6 is 0 Å². The molecule has 0 spiro atoms. The molecule has 4 nitrogen and oxygen atoms in total. The van der Waals surface area contributed by atoms with Gasteiger partial charge in [0.25, 0.3) is 0 Å². The Morgan fingerprint density at radius 2 is 2.22 bits per heavy atom. The van der Waals surface area contributed by atoms with Gasteiger partial charge in [-0.05, 0) is 31.2 Å². The van der Waals surface area contributed by atoms with Crippen LogP contribution in [-0.4, -0.2) is 19.0 Å². The van der Waals surface area contributed by atoms with Crippen molar-refractivity contribution >= 4 is 11.6 Å². The molecule has 0 aliphatic carbocycles. The monoisotopic (exact) mass is 245 g/mol. The summed E-state index contributed by atoms with van der Waals surface area (Å²) in [5.74, 6) is -0.0333. The van der Waals surface area contributed by atoms with Crippen LogP contribution in [0, 0.1) is 11.3 Å². The summed E-state index contributed by atoms with van der Waals surface area (Å²) in [6.07, 6.45) is 2.73. The van der Waals surface area contributed by atoms with Gasteiger partial charge in [-0.15, -0.1) is 0 Å². The lowest BCUT2D eigenvalue weighted by atomic mass is 10.2. The fourth-order valence-corrected chi connectivity index (χ4v) is 1.52. The molecule has 0 aromatic heterocycles. The lowest BCUT2D eigenvalue weighted by Crippen LogP contribution is -2.22. The van der Waals surface area contributed by atoms with Gasteiger partial charge in [0.1, 0.15) is 0 Å². The quantitative estimate of drug-likeness (QED) is 0.724. The molecule has 0 atom stereocenters. The maximum Gasteiger partial charge on any atom is 0.225 e. The van der Waals surface area contributed by atoms with Crippen LogP contribution in [0.1, 0.15) is 31.7 Å². The minimum absolute atomic E-state index is 0.0333. The van der Waals surface area contributed by atoms with Crippen molar-refractivity contribution in [2.75, 3.05) is 18.4 Å². The molecule has 0 bridgehead atoms. The van der Waals surface area contributed by atoms with Crippen LogP contribution in [0.5, 0.6) is 0 Å². The Bertz CT molecular complexity index is 423. The molecule has 0 aliphatic rings. The molecule has 0 heterocycles. The molecule has 0 fully saturated rings.